The molecule has 0 radical (unpaired) electrons. The molecule has 6 heteroatoms. The first-order valence-electron chi connectivity index (χ1n) is 13.7. The van der Waals surface area contributed by atoms with Crippen molar-refractivity contribution in [1.82, 2.24) is 14.1 Å². The molecule has 0 aliphatic heterocycles. The highest BCUT2D eigenvalue weighted by molar-refractivity contribution is 5.98. The van der Waals surface area contributed by atoms with Crippen LogP contribution < -0.4 is 4.90 Å². The number of para-hydroxylation sites is 1. The predicted molar refractivity (Wildman–Crippen MR) is 159 cm³/mol. The van der Waals surface area contributed by atoms with E-state index in [4.69, 9.17) is 13.8 Å². The molecule has 3 aromatic carbocycles. The van der Waals surface area contributed by atoms with Gasteiger partial charge in [-0.05, 0) is 73.2 Å². The van der Waals surface area contributed by atoms with E-state index in [1.54, 1.807) is 6.26 Å². The van der Waals surface area contributed by atoms with Gasteiger partial charge in [-0.1, -0.05) is 48.5 Å². The molecule has 7 aromatic rings. The van der Waals surface area contributed by atoms with Crippen LogP contribution in [0.3, 0.4) is 0 Å². The molecule has 0 bridgehead atoms. The fourth-order valence-corrected chi connectivity index (χ4v) is 6.27. The molecule has 1 aliphatic rings. The highest BCUT2D eigenvalue weighted by Gasteiger charge is 2.27. The normalized spacial score (nSPS) is 12.7. The fraction of sp³-hybridized carbons (Fsp3) is 0.147. The molecule has 4 aromatic heterocycles. The van der Waals surface area contributed by atoms with Crippen LogP contribution >= 0.6 is 0 Å². The molecule has 0 unspecified atom stereocenters. The lowest BCUT2D eigenvalue weighted by Gasteiger charge is -2.21. The smallest absolute Gasteiger partial charge is 0.301 e. The lowest BCUT2D eigenvalue weighted by Crippen LogP contribution is -2.13. The minimum atomic E-state index is 0.488. The number of anilines is 3. The van der Waals surface area contributed by atoms with Crippen molar-refractivity contribution in [2.75, 3.05) is 4.90 Å². The Hall–Kier alpha value is -4.97. The number of nitrogens with zero attached hydrogens (tertiary/aromatic N) is 4. The summed E-state index contributed by atoms with van der Waals surface area (Å²) in [6.07, 6.45) is 5.95. The average Bonchev–Trinajstić information content (AvgIpc) is 3.72. The van der Waals surface area contributed by atoms with E-state index in [1.807, 2.05) is 18.2 Å². The van der Waals surface area contributed by atoms with Crippen molar-refractivity contribution in [2.45, 2.75) is 26.7 Å². The molecule has 4 heterocycles. The minimum Gasteiger partial charge on any atom is -0.431 e. The Morgan fingerprint density at radius 3 is 2.50 bits per heavy atom. The maximum atomic E-state index is 6.40. The summed E-state index contributed by atoms with van der Waals surface area (Å²) in [7, 11) is 2.08. The topological polar surface area (TPSA) is 52.3 Å². The van der Waals surface area contributed by atoms with Crippen LogP contribution in [0, 0.1) is 13.8 Å². The summed E-state index contributed by atoms with van der Waals surface area (Å²) < 4.78 is 16.6. The summed E-state index contributed by atoms with van der Waals surface area (Å²) in [6, 6.07) is 27.6. The number of aryl methyl sites for hydroxylation is 5. The van der Waals surface area contributed by atoms with Crippen LogP contribution in [-0.2, 0) is 19.9 Å². The van der Waals surface area contributed by atoms with Gasteiger partial charge in [0, 0.05) is 30.6 Å². The van der Waals surface area contributed by atoms with Gasteiger partial charge in [-0.15, -0.1) is 0 Å². The Morgan fingerprint density at radius 1 is 0.875 bits per heavy atom. The summed E-state index contributed by atoms with van der Waals surface area (Å²) in [5.41, 5.74) is 11.6. The highest BCUT2D eigenvalue weighted by atomic mass is 16.5. The van der Waals surface area contributed by atoms with E-state index in [0.29, 0.717) is 11.7 Å². The Kier molecular flexibility index (Phi) is 4.89. The average molecular weight is 525 g/mol. The van der Waals surface area contributed by atoms with E-state index in [-0.39, 0.29) is 0 Å². The summed E-state index contributed by atoms with van der Waals surface area (Å²) in [5.74, 6) is 1.92. The second-order valence-electron chi connectivity index (χ2n) is 10.7. The van der Waals surface area contributed by atoms with Crippen LogP contribution in [0.4, 0.5) is 17.5 Å². The van der Waals surface area contributed by atoms with Crippen LogP contribution in [0.1, 0.15) is 22.4 Å². The van der Waals surface area contributed by atoms with E-state index in [0.717, 1.165) is 52.3 Å². The van der Waals surface area contributed by atoms with E-state index in [9.17, 15) is 0 Å². The monoisotopic (exact) mass is 524 g/mol. The number of rotatable bonds is 4. The molecule has 0 atom stereocenters. The predicted octanol–water partition coefficient (Wildman–Crippen LogP) is 8.56. The van der Waals surface area contributed by atoms with Gasteiger partial charge < -0.3 is 18.0 Å². The molecule has 0 saturated heterocycles. The van der Waals surface area contributed by atoms with E-state index in [2.05, 4.69) is 102 Å². The standard InChI is InChI=1S/C34H28N4O2/c1-21-17-22(2)37(19-21)29-20-39-33-27(29)18-30(40-33)38(25-10-5-4-6-11-25)34-35-32-28(36(34)3)16-15-24-14-13-23-9-7-8-12-26(23)31(24)32/h4-12,15-20H,13-14H2,1-3H3. The van der Waals surface area contributed by atoms with Crippen LogP contribution in [0.5, 0.6) is 0 Å². The number of aromatic nitrogens is 3. The molecule has 6 nitrogen and oxygen atoms in total. The Labute approximate surface area is 231 Å². The summed E-state index contributed by atoms with van der Waals surface area (Å²) >= 11 is 0. The zero-order valence-corrected chi connectivity index (χ0v) is 22.7. The van der Waals surface area contributed by atoms with Crippen molar-refractivity contribution < 1.29 is 8.83 Å². The van der Waals surface area contributed by atoms with Crippen LogP contribution in [-0.4, -0.2) is 14.1 Å². The maximum absolute atomic E-state index is 6.40. The fourth-order valence-electron chi connectivity index (χ4n) is 6.27. The largest absolute Gasteiger partial charge is 0.431 e. The highest BCUT2D eigenvalue weighted by Crippen LogP contribution is 2.43. The maximum Gasteiger partial charge on any atom is 0.301 e. The third-order valence-corrected chi connectivity index (χ3v) is 8.15. The molecule has 8 rings (SSSR count). The van der Waals surface area contributed by atoms with Crippen molar-refractivity contribution in [3.63, 3.8) is 0 Å². The first-order valence-corrected chi connectivity index (χ1v) is 13.7. The molecule has 0 amide bonds. The second-order valence-corrected chi connectivity index (χ2v) is 10.7. The number of hydrogen-bond donors (Lipinski definition) is 0. The lowest BCUT2D eigenvalue weighted by atomic mass is 9.85. The van der Waals surface area contributed by atoms with Gasteiger partial charge >= 0.3 is 5.78 Å². The van der Waals surface area contributed by atoms with Gasteiger partial charge in [0.25, 0.3) is 0 Å². The van der Waals surface area contributed by atoms with Crippen molar-refractivity contribution in [3.8, 4) is 16.8 Å². The molecular weight excluding hydrogens is 496 g/mol. The number of hydrogen-bond acceptors (Lipinski definition) is 4. The second kappa shape index (κ2) is 8.52. The minimum absolute atomic E-state index is 0.488. The molecule has 196 valence electrons. The SMILES string of the molecule is Cc1cc(C)n(-c2coc3oc(N(c4ccccc4)c4nc5c6c(ccc5n4C)CCc4ccccc4-6)cc23)c1. The number of benzene rings is 3. The summed E-state index contributed by atoms with van der Waals surface area (Å²) in [6.45, 7) is 4.20. The first kappa shape index (κ1) is 23.0. The van der Waals surface area contributed by atoms with Crippen LogP contribution in [0.25, 0.3) is 39.0 Å². The van der Waals surface area contributed by atoms with Gasteiger partial charge in [0.15, 0.2) is 0 Å². The first-order chi connectivity index (χ1) is 19.6. The van der Waals surface area contributed by atoms with Crippen molar-refractivity contribution in [3.05, 3.63) is 114 Å². The zero-order valence-electron chi connectivity index (χ0n) is 22.7. The van der Waals surface area contributed by atoms with Crippen molar-refractivity contribution in [2.24, 2.45) is 7.05 Å². The van der Waals surface area contributed by atoms with E-state index < -0.39 is 0 Å². The number of imidazole rings is 1. The molecule has 0 spiro atoms. The molecule has 0 N–H and O–H groups in total. The van der Waals surface area contributed by atoms with E-state index in [1.165, 1.54) is 27.8 Å². The van der Waals surface area contributed by atoms with Crippen molar-refractivity contribution in [1.29, 1.82) is 0 Å². The molecular formula is C34H28N4O2. The van der Waals surface area contributed by atoms with E-state index >= 15 is 0 Å². The number of furan rings is 2. The van der Waals surface area contributed by atoms with Gasteiger partial charge in [0.05, 0.1) is 27.8 Å². The molecule has 1 aliphatic carbocycles. The third kappa shape index (κ3) is 3.32. The zero-order chi connectivity index (χ0) is 27.0. The summed E-state index contributed by atoms with van der Waals surface area (Å²) in [4.78, 5) is 7.40. The molecule has 0 saturated carbocycles. The van der Waals surface area contributed by atoms with Gasteiger partial charge in [-0.2, -0.15) is 0 Å². The van der Waals surface area contributed by atoms with Crippen LogP contribution in [0.2, 0.25) is 0 Å². The Morgan fingerprint density at radius 2 is 1.68 bits per heavy atom. The summed E-state index contributed by atoms with van der Waals surface area (Å²) in [5, 5.41) is 0.916. The molecule has 0 fully saturated rings. The Balaban J connectivity index is 1.35. The quantitative estimate of drug-likeness (QED) is 0.231. The molecule has 40 heavy (non-hydrogen) atoms. The van der Waals surface area contributed by atoms with Gasteiger partial charge in [0.2, 0.25) is 11.8 Å². The Bertz CT molecular complexity index is 2050. The van der Waals surface area contributed by atoms with Gasteiger partial charge in [-0.25, -0.2) is 9.88 Å². The van der Waals surface area contributed by atoms with Crippen LogP contribution in [0.15, 0.2) is 100 Å². The van der Waals surface area contributed by atoms with Gasteiger partial charge in [-0.3, -0.25) is 0 Å². The van der Waals surface area contributed by atoms with Crippen molar-refractivity contribution >= 4 is 39.7 Å². The van der Waals surface area contributed by atoms with Gasteiger partial charge in [0.1, 0.15) is 6.26 Å². The lowest BCUT2D eigenvalue weighted by molar-refractivity contribution is 0.481. The third-order valence-electron chi connectivity index (χ3n) is 8.15. The number of fused-ring (bicyclic) bond motifs is 6.